The lowest BCUT2D eigenvalue weighted by Gasteiger charge is -2.30. The fourth-order valence-corrected chi connectivity index (χ4v) is 3.34. The predicted octanol–water partition coefficient (Wildman–Crippen LogP) is 1.20. The lowest BCUT2D eigenvalue weighted by atomic mass is 9.95. The van der Waals surface area contributed by atoms with Gasteiger partial charge in [0.05, 0.1) is 19.2 Å². The van der Waals surface area contributed by atoms with E-state index in [0.717, 1.165) is 11.1 Å². The maximum atomic E-state index is 12.7. The molecule has 0 saturated heterocycles. The van der Waals surface area contributed by atoms with Crippen LogP contribution in [0.15, 0.2) is 29.4 Å². The molecule has 9 heteroatoms. The molecule has 0 aliphatic carbocycles. The summed E-state index contributed by atoms with van der Waals surface area (Å²) in [5, 5.41) is 2.97. The first-order chi connectivity index (χ1) is 12.2. The van der Waals surface area contributed by atoms with E-state index in [1.165, 1.54) is 12.0 Å². The number of methoxy groups -OCH3 is 1. The van der Waals surface area contributed by atoms with Crippen LogP contribution in [0.25, 0.3) is 0 Å². The topological polar surface area (TPSA) is 88.9 Å². The van der Waals surface area contributed by atoms with Gasteiger partial charge in [-0.25, -0.2) is 4.99 Å². The van der Waals surface area contributed by atoms with Gasteiger partial charge in [-0.1, -0.05) is 0 Å². The zero-order chi connectivity index (χ0) is 18.9. The molecule has 0 amide bonds. The largest absolute Gasteiger partial charge is 0.496 e. The summed E-state index contributed by atoms with van der Waals surface area (Å²) in [5.74, 6) is -0.480. The number of aliphatic imine (C=N–C) groups is 1. The number of halogens is 3. The number of nitrogens with two attached hydrogens (primary N) is 2. The van der Waals surface area contributed by atoms with Crippen molar-refractivity contribution in [3.05, 3.63) is 41.1 Å². The van der Waals surface area contributed by atoms with Gasteiger partial charge in [-0.15, -0.1) is 0 Å². The lowest BCUT2D eigenvalue weighted by molar-refractivity contribution is -0.145. The lowest BCUT2D eigenvalue weighted by Crippen LogP contribution is -2.49. The average Bonchev–Trinajstić information content (AvgIpc) is 2.74. The molecule has 1 aromatic carbocycles. The first-order valence-corrected chi connectivity index (χ1v) is 8.28. The van der Waals surface area contributed by atoms with Gasteiger partial charge >= 0.3 is 6.18 Å². The number of ether oxygens (including phenoxy) is 1. The SMILES string of the molecule is COc1cc2c(cc1C1(N)N=C(N)C=CN1)CCN(CC(F)(F)F)CC2. The third-order valence-corrected chi connectivity index (χ3v) is 4.59. The Morgan fingerprint density at radius 3 is 2.50 bits per heavy atom. The minimum atomic E-state index is -4.20. The second kappa shape index (κ2) is 6.81. The molecule has 1 atom stereocenters. The molecule has 26 heavy (non-hydrogen) atoms. The summed E-state index contributed by atoms with van der Waals surface area (Å²) in [6.07, 6.45) is 0.00568. The second-order valence-electron chi connectivity index (χ2n) is 6.49. The number of nitrogens with zero attached hydrogens (tertiary/aromatic N) is 2. The van der Waals surface area contributed by atoms with Gasteiger partial charge in [0.15, 0.2) is 0 Å². The molecule has 142 valence electrons. The molecule has 0 saturated carbocycles. The molecule has 2 aliphatic rings. The zero-order valence-corrected chi connectivity index (χ0v) is 14.4. The molecule has 1 aromatic rings. The van der Waals surface area contributed by atoms with E-state index in [1.807, 2.05) is 12.1 Å². The molecule has 0 spiro atoms. The number of alkyl halides is 3. The normalized spacial score (nSPS) is 23.7. The van der Waals surface area contributed by atoms with Crippen LogP contribution in [0, 0.1) is 0 Å². The van der Waals surface area contributed by atoms with Crippen LogP contribution in [0.2, 0.25) is 0 Å². The van der Waals surface area contributed by atoms with Crippen LogP contribution in [0.4, 0.5) is 13.2 Å². The number of benzene rings is 1. The minimum absolute atomic E-state index is 0.277. The summed E-state index contributed by atoms with van der Waals surface area (Å²) in [5.41, 5.74) is 14.6. The Labute approximate surface area is 149 Å². The Morgan fingerprint density at radius 1 is 1.27 bits per heavy atom. The summed E-state index contributed by atoms with van der Waals surface area (Å²) in [6.45, 7) is -0.234. The van der Waals surface area contributed by atoms with Crippen molar-refractivity contribution in [1.29, 1.82) is 0 Å². The highest BCUT2D eigenvalue weighted by atomic mass is 19.4. The van der Waals surface area contributed by atoms with E-state index in [-0.39, 0.29) is 5.84 Å². The second-order valence-corrected chi connectivity index (χ2v) is 6.49. The maximum absolute atomic E-state index is 12.7. The van der Waals surface area contributed by atoms with Gasteiger partial charge in [0, 0.05) is 19.3 Å². The van der Waals surface area contributed by atoms with Gasteiger partial charge in [-0.2, -0.15) is 13.2 Å². The first kappa shape index (κ1) is 18.5. The molecule has 0 aromatic heterocycles. The number of nitrogens with one attached hydrogen (secondary N) is 1. The van der Waals surface area contributed by atoms with E-state index in [9.17, 15) is 13.2 Å². The highest BCUT2D eigenvalue weighted by molar-refractivity contribution is 5.92. The fourth-order valence-electron chi connectivity index (χ4n) is 3.34. The molecule has 6 nitrogen and oxygen atoms in total. The molecule has 3 rings (SSSR count). The molecule has 0 fully saturated rings. The quantitative estimate of drug-likeness (QED) is 0.745. The highest BCUT2D eigenvalue weighted by Crippen LogP contribution is 2.33. The predicted molar refractivity (Wildman–Crippen MR) is 92.7 cm³/mol. The van der Waals surface area contributed by atoms with E-state index >= 15 is 0 Å². The number of hydrogen-bond donors (Lipinski definition) is 3. The van der Waals surface area contributed by atoms with Gasteiger partial charge in [-0.05, 0) is 42.2 Å². The molecule has 0 bridgehead atoms. The Balaban J connectivity index is 1.91. The maximum Gasteiger partial charge on any atom is 0.401 e. The molecular formula is C17H22F3N5O. The molecule has 5 N–H and O–H groups in total. The summed E-state index contributed by atoms with van der Waals surface area (Å²) in [4.78, 5) is 5.68. The van der Waals surface area contributed by atoms with E-state index in [2.05, 4.69) is 10.3 Å². The van der Waals surface area contributed by atoms with Crippen molar-refractivity contribution >= 4 is 5.84 Å². The summed E-state index contributed by atoms with van der Waals surface area (Å²) < 4.78 is 43.6. The van der Waals surface area contributed by atoms with Crippen molar-refractivity contribution in [3.63, 3.8) is 0 Å². The van der Waals surface area contributed by atoms with Crippen LogP contribution >= 0.6 is 0 Å². The van der Waals surface area contributed by atoms with E-state index in [4.69, 9.17) is 16.2 Å². The number of rotatable bonds is 3. The van der Waals surface area contributed by atoms with Crippen molar-refractivity contribution in [1.82, 2.24) is 10.2 Å². The van der Waals surface area contributed by atoms with Crippen LogP contribution in [0.3, 0.4) is 0 Å². The monoisotopic (exact) mass is 369 g/mol. The Morgan fingerprint density at radius 2 is 1.92 bits per heavy atom. The number of fused-ring (bicyclic) bond motifs is 1. The van der Waals surface area contributed by atoms with Gasteiger partial charge in [0.25, 0.3) is 0 Å². The van der Waals surface area contributed by atoms with Crippen LogP contribution in [-0.2, 0) is 18.6 Å². The highest BCUT2D eigenvalue weighted by Gasteiger charge is 2.34. The standard InChI is InChI=1S/C17H22F3N5O/c1-26-14-9-12-4-7-25(10-16(18,19)20)6-3-11(12)8-13(14)17(22)23-5-2-15(21)24-17/h2,5,8-9,23H,3-4,6-7,10,22H2,1H3,(H2,21,24). The van der Waals surface area contributed by atoms with Gasteiger partial charge in [-0.3, -0.25) is 10.6 Å². The third-order valence-electron chi connectivity index (χ3n) is 4.59. The molecule has 2 aliphatic heterocycles. The van der Waals surface area contributed by atoms with Crippen LogP contribution < -0.4 is 21.5 Å². The van der Waals surface area contributed by atoms with Crippen molar-refractivity contribution in [3.8, 4) is 5.75 Å². The van der Waals surface area contributed by atoms with Crippen LogP contribution in [0.1, 0.15) is 16.7 Å². The molecule has 2 heterocycles. The Kier molecular flexibility index (Phi) is 4.85. The van der Waals surface area contributed by atoms with Crippen molar-refractivity contribution < 1.29 is 17.9 Å². The van der Waals surface area contributed by atoms with Crippen LogP contribution in [-0.4, -0.2) is 43.7 Å². The zero-order valence-electron chi connectivity index (χ0n) is 14.4. The molecular weight excluding hydrogens is 347 g/mol. The summed E-state index contributed by atoms with van der Waals surface area (Å²) in [6, 6.07) is 3.69. The smallest absolute Gasteiger partial charge is 0.401 e. The average molecular weight is 369 g/mol. The number of hydrogen-bond acceptors (Lipinski definition) is 6. The summed E-state index contributed by atoms with van der Waals surface area (Å²) in [7, 11) is 1.52. The van der Waals surface area contributed by atoms with E-state index in [1.54, 1.807) is 12.3 Å². The van der Waals surface area contributed by atoms with E-state index in [0.29, 0.717) is 37.2 Å². The molecule has 0 radical (unpaired) electrons. The first-order valence-electron chi connectivity index (χ1n) is 8.28. The van der Waals surface area contributed by atoms with Crippen molar-refractivity contribution in [2.75, 3.05) is 26.7 Å². The fraction of sp³-hybridized carbons (Fsp3) is 0.471. The summed E-state index contributed by atoms with van der Waals surface area (Å²) >= 11 is 0. The van der Waals surface area contributed by atoms with Gasteiger partial charge in [0.2, 0.25) is 5.79 Å². The molecule has 1 unspecified atom stereocenters. The van der Waals surface area contributed by atoms with Gasteiger partial charge < -0.3 is 15.8 Å². The Bertz CT molecular complexity index is 747. The minimum Gasteiger partial charge on any atom is -0.496 e. The van der Waals surface area contributed by atoms with Crippen molar-refractivity contribution in [2.24, 2.45) is 16.5 Å². The van der Waals surface area contributed by atoms with Gasteiger partial charge in [0.1, 0.15) is 11.6 Å². The van der Waals surface area contributed by atoms with E-state index < -0.39 is 18.5 Å². The van der Waals surface area contributed by atoms with Crippen molar-refractivity contribution in [2.45, 2.75) is 24.8 Å². The number of amidine groups is 1. The third kappa shape index (κ3) is 3.94. The Hall–Kier alpha value is -2.26. The van der Waals surface area contributed by atoms with Crippen LogP contribution in [0.5, 0.6) is 5.75 Å².